The number of hydrogen-bond acceptors (Lipinski definition) is 3. The van der Waals surface area contributed by atoms with Gasteiger partial charge in [-0.1, -0.05) is 13.8 Å². The second-order valence-electron chi connectivity index (χ2n) is 2.70. The van der Waals surface area contributed by atoms with E-state index in [0.29, 0.717) is 18.0 Å². The first-order valence-electron chi connectivity index (χ1n) is 3.62. The molecule has 0 amide bonds. The molecule has 0 spiro atoms. The SMILES string of the molecule is CC(C)c1nc(CC=O)co1. The molecular formula is C8H11NO2. The summed E-state index contributed by atoms with van der Waals surface area (Å²) in [6.45, 7) is 3.99. The molecule has 0 radical (unpaired) electrons. The van der Waals surface area contributed by atoms with Crippen molar-refractivity contribution in [2.45, 2.75) is 26.2 Å². The van der Waals surface area contributed by atoms with Crippen molar-refractivity contribution in [3.63, 3.8) is 0 Å². The molecular weight excluding hydrogens is 142 g/mol. The van der Waals surface area contributed by atoms with Gasteiger partial charge in [0.25, 0.3) is 0 Å². The Hall–Kier alpha value is -1.12. The molecule has 0 fully saturated rings. The largest absolute Gasteiger partial charge is 0.448 e. The number of hydrogen-bond donors (Lipinski definition) is 0. The van der Waals surface area contributed by atoms with E-state index in [2.05, 4.69) is 4.98 Å². The highest BCUT2D eigenvalue weighted by atomic mass is 16.3. The third-order valence-electron chi connectivity index (χ3n) is 1.36. The summed E-state index contributed by atoms with van der Waals surface area (Å²) in [7, 11) is 0. The molecule has 0 aromatic carbocycles. The van der Waals surface area contributed by atoms with Crippen LogP contribution in [0.15, 0.2) is 10.7 Å². The van der Waals surface area contributed by atoms with E-state index in [1.54, 1.807) is 0 Å². The van der Waals surface area contributed by atoms with Gasteiger partial charge in [-0.25, -0.2) is 4.98 Å². The van der Waals surface area contributed by atoms with Crippen LogP contribution < -0.4 is 0 Å². The Kier molecular flexibility index (Phi) is 2.41. The first-order valence-corrected chi connectivity index (χ1v) is 3.62. The molecule has 0 aliphatic rings. The van der Waals surface area contributed by atoms with Gasteiger partial charge in [0.05, 0.1) is 5.69 Å². The zero-order chi connectivity index (χ0) is 8.27. The molecule has 11 heavy (non-hydrogen) atoms. The maximum absolute atomic E-state index is 10.1. The highest BCUT2D eigenvalue weighted by Gasteiger charge is 2.06. The van der Waals surface area contributed by atoms with Gasteiger partial charge in [0.15, 0.2) is 5.89 Å². The van der Waals surface area contributed by atoms with Gasteiger partial charge in [0.1, 0.15) is 12.5 Å². The predicted octanol–water partition coefficient (Wildman–Crippen LogP) is 1.54. The zero-order valence-electron chi connectivity index (χ0n) is 6.70. The number of nitrogens with zero attached hydrogens (tertiary/aromatic N) is 1. The van der Waals surface area contributed by atoms with Crippen molar-refractivity contribution in [1.29, 1.82) is 0 Å². The quantitative estimate of drug-likeness (QED) is 0.618. The van der Waals surface area contributed by atoms with Gasteiger partial charge in [0.2, 0.25) is 0 Å². The normalized spacial score (nSPS) is 10.5. The lowest BCUT2D eigenvalue weighted by molar-refractivity contribution is -0.107. The van der Waals surface area contributed by atoms with E-state index in [0.717, 1.165) is 6.29 Å². The number of aldehydes is 1. The monoisotopic (exact) mass is 153 g/mol. The van der Waals surface area contributed by atoms with Crippen LogP contribution in [-0.2, 0) is 11.2 Å². The van der Waals surface area contributed by atoms with E-state index in [4.69, 9.17) is 4.42 Å². The molecule has 60 valence electrons. The summed E-state index contributed by atoms with van der Waals surface area (Å²) in [4.78, 5) is 14.2. The molecule has 0 saturated carbocycles. The molecule has 1 aromatic rings. The van der Waals surface area contributed by atoms with Crippen LogP contribution in [0.5, 0.6) is 0 Å². The van der Waals surface area contributed by atoms with Gasteiger partial charge in [-0.15, -0.1) is 0 Å². The summed E-state index contributed by atoms with van der Waals surface area (Å²) in [5, 5.41) is 0. The van der Waals surface area contributed by atoms with Crippen LogP contribution in [0.4, 0.5) is 0 Å². The number of aromatic nitrogens is 1. The molecule has 0 saturated heterocycles. The molecule has 1 heterocycles. The molecule has 0 bridgehead atoms. The number of rotatable bonds is 3. The van der Waals surface area contributed by atoms with E-state index in [1.165, 1.54) is 6.26 Å². The molecule has 3 heteroatoms. The smallest absolute Gasteiger partial charge is 0.196 e. The Morgan fingerprint density at radius 2 is 2.45 bits per heavy atom. The van der Waals surface area contributed by atoms with Crippen molar-refractivity contribution in [2.75, 3.05) is 0 Å². The molecule has 1 aromatic heterocycles. The molecule has 0 unspecified atom stereocenters. The van der Waals surface area contributed by atoms with Gasteiger partial charge in [-0.05, 0) is 0 Å². The summed E-state index contributed by atoms with van der Waals surface area (Å²) in [5.41, 5.74) is 0.712. The van der Waals surface area contributed by atoms with Crippen LogP contribution in [0.25, 0.3) is 0 Å². The lowest BCUT2D eigenvalue weighted by Crippen LogP contribution is -1.89. The van der Waals surface area contributed by atoms with Crippen LogP contribution in [0, 0.1) is 0 Å². The molecule has 0 N–H and O–H groups in total. The van der Waals surface area contributed by atoms with Gasteiger partial charge >= 0.3 is 0 Å². The minimum Gasteiger partial charge on any atom is -0.448 e. The molecule has 0 aliphatic heterocycles. The van der Waals surface area contributed by atoms with Crippen LogP contribution in [0.2, 0.25) is 0 Å². The summed E-state index contributed by atoms with van der Waals surface area (Å²) < 4.78 is 5.11. The van der Waals surface area contributed by atoms with E-state index in [-0.39, 0.29) is 5.92 Å². The fraction of sp³-hybridized carbons (Fsp3) is 0.500. The van der Waals surface area contributed by atoms with Crippen LogP contribution >= 0.6 is 0 Å². The third-order valence-corrected chi connectivity index (χ3v) is 1.36. The number of carbonyl (C=O) groups is 1. The Morgan fingerprint density at radius 3 is 2.91 bits per heavy atom. The summed E-state index contributed by atoms with van der Waals surface area (Å²) >= 11 is 0. The van der Waals surface area contributed by atoms with Gasteiger partial charge in [-0.3, -0.25) is 0 Å². The van der Waals surface area contributed by atoms with E-state index < -0.39 is 0 Å². The standard InChI is InChI=1S/C8H11NO2/c1-6(2)8-9-7(3-4-10)5-11-8/h4-6H,3H2,1-2H3. The maximum atomic E-state index is 10.1. The molecule has 1 rings (SSSR count). The average molecular weight is 153 g/mol. The maximum Gasteiger partial charge on any atom is 0.196 e. The fourth-order valence-electron chi connectivity index (χ4n) is 0.767. The van der Waals surface area contributed by atoms with Crippen molar-refractivity contribution in [3.8, 4) is 0 Å². The highest BCUT2D eigenvalue weighted by Crippen LogP contribution is 2.12. The van der Waals surface area contributed by atoms with Crippen LogP contribution in [0.3, 0.4) is 0 Å². The highest BCUT2D eigenvalue weighted by molar-refractivity contribution is 5.53. The minimum atomic E-state index is 0.287. The van der Waals surface area contributed by atoms with Crippen molar-refractivity contribution < 1.29 is 9.21 Å². The van der Waals surface area contributed by atoms with E-state index in [1.807, 2.05) is 13.8 Å². The zero-order valence-corrected chi connectivity index (χ0v) is 6.70. The number of carbonyl (C=O) groups excluding carboxylic acids is 1. The second-order valence-corrected chi connectivity index (χ2v) is 2.70. The van der Waals surface area contributed by atoms with Crippen LogP contribution in [0.1, 0.15) is 31.4 Å². The van der Waals surface area contributed by atoms with Gasteiger partial charge in [0, 0.05) is 12.3 Å². The molecule has 0 aliphatic carbocycles. The summed E-state index contributed by atoms with van der Waals surface area (Å²) in [6.07, 6.45) is 2.70. The Balaban J connectivity index is 2.73. The summed E-state index contributed by atoms with van der Waals surface area (Å²) in [5.74, 6) is 0.984. The van der Waals surface area contributed by atoms with E-state index >= 15 is 0 Å². The molecule has 0 atom stereocenters. The Morgan fingerprint density at radius 1 is 1.73 bits per heavy atom. The van der Waals surface area contributed by atoms with Crippen molar-refractivity contribution in [3.05, 3.63) is 17.8 Å². The Bertz CT molecular complexity index is 240. The first-order chi connectivity index (χ1) is 5.24. The fourth-order valence-corrected chi connectivity index (χ4v) is 0.767. The van der Waals surface area contributed by atoms with Crippen molar-refractivity contribution in [2.24, 2.45) is 0 Å². The van der Waals surface area contributed by atoms with Crippen LogP contribution in [-0.4, -0.2) is 11.3 Å². The topological polar surface area (TPSA) is 43.1 Å². The minimum absolute atomic E-state index is 0.287. The van der Waals surface area contributed by atoms with Crippen molar-refractivity contribution >= 4 is 6.29 Å². The number of oxazole rings is 1. The second kappa shape index (κ2) is 3.32. The van der Waals surface area contributed by atoms with Gasteiger partial charge in [-0.2, -0.15) is 0 Å². The predicted molar refractivity (Wildman–Crippen MR) is 40.4 cm³/mol. The third kappa shape index (κ3) is 1.90. The van der Waals surface area contributed by atoms with E-state index in [9.17, 15) is 4.79 Å². The lowest BCUT2D eigenvalue weighted by atomic mass is 10.2. The van der Waals surface area contributed by atoms with Crippen molar-refractivity contribution in [1.82, 2.24) is 4.98 Å². The first kappa shape index (κ1) is 7.98. The Labute approximate surface area is 65.4 Å². The molecule has 3 nitrogen and oxygen atoms in total. The summed E-state index contributed by atoms with van der Waals surface area (Å²) in [6, 6.07) is 0. The van der Waals surface area contributed by atoms with Gasteiger partial charge < -0.3 is 9.21 Å². The average Bonchev–Trinajstić information content (AvgIpc) is 2.37. The lowest BCUT2D eigenvalue weighted by Gasteiger charge is -1.93.